The van der Waals surface area contributed by atoms with E-state index in [1.807, 2.05) is 6.92 Å². The molecular formula is C31H41N3O8. The highest BCUT2D eigenvalue weighted by Crippen LogP contribution is 2.28. The average Bonchev–Trinajstić information content (AvgIpc) is 2.94. The Labute approximate surface area is 246 Å². The van der Waals surface area contributed by atoms with E-state index < -0.39 is 53.9 Å². The highest BCUT2D eigenvalue weighted by molar-refractivity contribution is 6.23. The number of allylic oxidation sites excluding steroid dienone is 4. The van der Waals surface area contributed by atoms with E-state index in [0.717, 1.165) is 6.08 Å². The summed E-state index contributed by atoms with van der Waals surface area (Å²) in [6.45, 7) is 6.95. The van der Waals surface area contributed by atoms with E-state index in [4.69, 9.17) is 26.4 Å². The molecule has 0 spiro atoms. The summed E-state index contributed by atoms with van der Waals surface area (Å²) in [6.07, 6.45) is 8.96. The van der Waals surface area contributed by atoms with E-state index in [1.54, 1.807) is 26.0 Å². The van der Waals surface area contributed by atoms with Gasteiger partial charge in [-0.1, -0.05) is 44.1 Å². The van der Waals surface area contributed by atoms with Crippen LogP contribution in [0.5, 0.6) is 0 Å². The van der Waals surface area contributed by atoms with Crippen LogP contribution in [0.15, 0.2) is 58.5 Å². The van der Waals surface area contributed by atoms with Gasteiger partial charge in [0.1, 0.15) is 6.10 Å². The van der Waals surface area contributed by atoms with E-state index in [9.17, 15) is 24.3 Å². The number of nitrogens with two attached hydrogens (primary N) is 1. The summed E-state index contributed by atoms with van der Waals surface area (Å²) in [5.74, 6) is 0.118. The number of aliphatic hydroxyl groups excluding tert-OH is 1. The first-order valence-electron chi connectivity index (χ1n) is 13.6. The van der Waals surface area contributed by atoms with Crippen LogP contribution in [-0.2, 0) is 28.6 Å². The molecule has 0 aromatic heterocycles. The number of carbonyl (C=O) groups is 4. The number of ether oxygens (including phenoxy) is 3. The van der Waals surface area contributed by atoms with Crippen molar-refractivity contribution in [2.24, 2.45) is 17.6 Å². The minimum atomic E-state index is -1.01. The standard InChI is InChI=1S/C31H41N3O8/c1-8-12-33-26-21-13-17(2)14-25(41-7)27(36)19(4)15-20(5)29(42-31(32)39)24(40-6)11-9-10-18(3)30(38)34-22(28(21)37)16-23(26)35/h1,9-11,15-17,19,24-25,27,29,33,36H,12-14H2,2-7H3,(H2,32,39)(H,34,38)/b11-9-,18-10-,20-15-/t17-,19+,24+,25+,27-,29+/m1/s1. The predicted octanol–water partition coefficient (Wildman–Crippen LogP) is 1.98. The molecule has 2 amide bonds. The van der Waals surface area contributed by atoms with Gasteiger partial charge in [-0.05, 0) is 38.2 Å². The summed E-state index contributed by atoms with van der Waals surface area (Å²) >= 11 is 0. The molecule has 5 N–H and O–H groups in total. The van der Waals surface area contributed by atoms with Gasteiger partial charge in [-0.2, -0.15) is 0 Å². The van der Waals surface area contributed by atoms with Crippen molar-refractivity contribution in [3.8, 4) is 12.3 Å². The van der Waals surface area contributed by atoms with Gasteiger partial charge >= 0.3 is 6.09 Å². The van der Waals surface area contributed by atoms with Crippen molar-refractivity contribution in [2.45, 2.75) is 65.0 Å². The summed E-state index contributed by atoms with van der Waals surface area (Å²) in [7, 11) is 2.90. The lowest BCUT2D eigenvalue weighted by molar-refractivity contribution is -0.120. The quantitative estimate of drug-likeness (QED) is 0.215. The van der Waals surface area contributed by atoms with Crippen molar-refractivity contribution in [1.82, 2.24) is 10.6 Å². The van der Waals surface area contributed by atoms with Crippen molar-refractivity contribution in [2.75, 3.05) is 20.8 Å². The maximum absolute atomic E-state index is 13.5. The molecule has 1 heterocycles. The van der Waals surface area contributed by atoms with Crippen LogP contribution in [0.3, 0.4) is 0 Å². The van der Waals surface area contributed by atoms with E-state index in [-0.39, 0.29) is 41.4 Å². The normalized spacial score (nSPS) is 31.5. The summed E-state index contributed by atoms with van der Waals surface area (Å²) in [4.78, 5) is 51.2. The fourth-order valence-electron chi connectivity index (χ4n) is 4.92. The van der Waals surface area contributed by atoms with Crippen LogP contribution in [0, 0.1) is 24.2 Å². The second-order valence-corrected chi connectivity index (χ2v) is 10.5. The number of hydrogen-bond acceptors (Lipinski definition) is 9. The molecule has 1 aliphatic carbocycles. The number of rotatable bonds is 5. The lowest BCUT2D eigenvalue weighted by Crippen LogP contribution is -2.38. The number of aliphatic hydroxyl groups is 1. The highest BCUT2D eigenvalue weighted by atomic mass is 16.6. The molecule has 1 aliphatic heterocycles. The summed E-state index contributed by atoms with van der Waals surface area (Å²) < 4.78 is 16.5. The van der Waals surface area contributed by atoms with Gasteiger partial charge in [0.25, 0.3) is 5.91 Å². The van der Waals surface area contributed by atoms with Crippen molar-refractivity contribution < 1.29 is 38.5 Å². The van der Waals surface area contributed by atoms with Crippen molar-refractivity contribution in [1.29, 1.82) is 0 Å². The molecule has 2 rings (SSSR count). The number of hydrogen-bond donors (Lipinski definition) is 4. The van der Waals surface area contributed by atoms with Gasteiger partial charge < -0.3 is 35.7 Å². The molecule has 228 valence electrons. The first kappa shape index (κ1) is 34.2. The van der Waals surface area contributed by atoms with Crippen LogP contribution in [0.1, 0.15) is 40.5 Å². The van der Waals surface area contributed by atoms with Gasteiger partial charge in [0.05, 0.1) is 30.1 Å². The van der Waals surface area contributed by atoms with Crippen LogP contribution < -0.4 is 16.4 Å². The molecular weight excluding hydrogens is 542 g/mol. The molecule has 11 nitrogen and oxygen atoms in total. The SMILES string of the molecule is C#CCNC1=C2C[C@@H](C)C[C@H](OC)[C@H](O)[C@@H](C)/C=C(/C)[C@H](OC(N)=O)[C@@H](OC)/C=C\C=C(\C)C(=O)NC(=CC1=O)C2=O. The third-order valence-electron chi connectivity index (χ3n) is 7.16. The van der Waals surface area contributed by atoms with E-state index in [1.165, 1.54) is 33.3 Å². The Bertz CT molecular complexity index is 1250. The van der Waals surface area contributed by atoms with Crippen LogP contribution >= 0.6 is 0 Å². The molecule has 2 bridgehead atoms. The van der Waals surface area contributed by atoms with E-state index in [0.29, 0.717) is 12.0 Å². The van der Waals surface area contributed by atoms with Crippen molar-refractivity contribution >= 4 is 23.6 Å². The fourth-order valence-corrected chi connectivity index (χ4v) is 4.92. The van der Waals surface area contributed by atoms with Gasteiger partial charge in [-0.3, -0.25) is 14.4 Å². The maximum Gasteiger partial charge on any atom is 0.405 e. The van der Waals surface area contributed by atoms with Gasteiger partial charge in [0.15, 0.2) is 6.10 Å². The van der Waals surface area contributed by atoms with Gasteiger partial charge in [0, 0.05) is 37.4 Å². The molecule has 6 atom stereocenters. The average molecular weight is 584 g/mol. The van der Waals surface area contributed by atoms with Gasteiger partial charge in [-0.15, -0.1) is 6.42 Å². The van der Waals surface area contributed by atoms with Crippen LogP contribution in [0.25, 0.3) is 0 Å². The molecule has 11 heteroatoms. The third kappa shape index (κ3) is 9.01. The number of Topliss-reactive ketones (excluding diaryl/α,β-unsaturated/α-hetero) is 1. The Morgan fingerprint density at radius 2 is 1.90 bits per heavy atom. The van der Waals surface area contributed by atoms with Crippen molar-refractivity contribution in [3.05, 3.63) is 58.5 Å². The zero-order valence-corrected chi connectivity index (χ0v) is 24.9. The number of primary amides is 1. The second kappa shape index (κ2) is 15.9. The topological polar surface area (TPSA) is 166 Å². The van der Waals surface area contributed by atoms with Crippen molar-refractivity contribution in [3.63, 3.8) is 0 Å². The Balaban J connectivity index is 2.62. The molecule has 0 aromatic rings. The number of ketones is 2. The molecule has 42 heavy (non-hydrogen) atoms. The van der Waals surface area contributed by atoms with E-state index >= 15 is 0 Å². The van der Waals surface area contributed by atoms with Gasteiger partial charge in [0.2, 0.25) is 11.6 Å². The largest absolute Gasteiger partial charge is 0.439 e. The molecule has 0 radical (unpaired) electrons. The lowest BCUT2D eigenvalue weighted by Gasteiger charge is -2.30. The number of terminal acetylenes is 1. The fraction of sp³-hybridized carbons (Fsp3) is 0.484. The zero-order valence-electron chi connectivity index (χ0n) is 24.9. The number of carbonyl (C=O) groups excluding carboxylic acids is 4. The Morgan fingerprint density at radius 1 is 1.21 bits per heavy atom. The molecule has 0 unspecified atom stereocenters. The number of nitrogens with one attached hydrogen (secondary N) is 2. The molecule has 0 saturated heterocycles. The minimum Gasteiger partial charge on any atom is -0.439 e. The summed E-state index contributed by atoms with van der Waals surface area (Å²) in [5.41, 5.74) is 6.25. The zero-order chi connectivity index (χ0) is 31.6. The molecule has 0 fully saturated rings. The summed E-state index contributed by atoms with van der Waals surface area (Å²) in [5, 5.41) is 16.6. The van der Waals surface area contributed by atoms with Crippen LogP contribution in [0.4, 0.5) is 4.79 Å². The Hall–Kier alpha value is -3.98. The van der Waals surface area contributed by atoms with Gasteiger partial charge in [-0.25, -0.2) is 4.79 Å². The summed E-state index contributed by atoms with van der Waals surface area (Å²) in [6, 6.07) is 0. The molecule has 2 aliphatic rings. The van der Waals surface area contributed by atoms with E-state index in [2.05, 4.69) is 16.6 Å². The lowest BCUT2D eigenvalue weighted by atomic mass is 9.85. The second-order valence-electron chi connectivity index (χ2n) is 10.5. The minimum absolute atomic E-state index is 0.0293. The van der Waals surface area contributed by atoms with Crippen LogP contribution in [0.2, 0.25) is 0 Å². The van der Waals surface area contributed by atoms with Crippen LogP contribution in [-0.4, -0.2) is 73.9 Å². The Morgan fingerprint density at radius 3 is 2.50 bits per heavy atom. The third-order valence-corrected chi connectivity index (χ3v) is 7.16. The highest BCUT2D eigenvalue weighted by Gasteiger charge is 2.33. The maximum atomic E-state index is 13.5. The monoisotopic (exact) mass is 583 g/mol. The number of fused-ring (bicyclic) bond motifs is 2. The molecule has 0 aromatic carbocycles. The molecule has 0 saturated carbocycles. The first-order valence-corrected chi connectivity index (χ1v) is 13.6. The predicted molar refractivity (Wildman–Crippen MR) is 156 cm³/mol. The first-order chi connectivity index (χ1) is 19.8. The number of amides is 2. The number of methoxy groups -OCH3 is 2. The Kier molecular flexibility index (Phi) is 12.9. The smallest absolute Gasteiger partial charge is 0.405 e.